The van der Waals surface area contributed by atoms with Crippen LogP contribution in [0.5, 0.6) is 0 Å². The molecule has 0 saturated heterocycles. The van der Waals surface area contributed by atoms with E-state index in [4.69, 9.17) is 29.0 Å². The Morgan fingerprint density at radius 3 is 1.81 bits per heavy atom. The molecule has 2 aromatic rings. The van der Waals surface area contributed by atoms with E-state index in [-0.39, 0.29) is 65.8 Å². The Morgan fingerprint density at radius 1 is 1.00 bits per heavy atom. The second kappa shape index (κ2) is 15.9. The van der Waals surface area contributed by atoms with Gasteiger partial charge in [0.25, 0.3) is 5.91 Å². The zero-order chi connectivity index (χ0) is 17.6. The van der Waals surface area contributed by atoms with Crippen molar-refractivity contribution in [2.75, 3.05) is 0 Å². The van der Waals surface area contributed by atoms with Gasteiger partial charge in [-0.3, -0.25) is 9.80 Å². The molecule has 0 aliphatic heterocycles. The third-order valence-electron chi connectivity index (χ3n) is 3.04. The van der Waals surface area contributed by atoms with Crippen LogP contribution < -0.4 is 5.84 Å². The van der Waals surface area contributed by atoms with E-state index in [9.17, 15) is 4.79 Å². The zero-order valence-corrected chi connectivity index (χ0v) is 18.3. The second-order valence-electron chi connectivity index (χ2n) is 6.12. The van der Waals surface area contributed by atoms with Gasteiger partial charge in [-0.05, 0) is 45.9 Å². The molecule has 4 N–H and O–H groups in total. The maximum atomic E-state index is 12.0. The predicted octanol–water partition coefficient (Wildman–Crippen LogP) is 4.47. The van der Waals surface area contributed by atoms with E-state index in [1.165, 1.54) is 11.6 Å². The van der Waals surface area contributed by atoms with E-state index in [0.29, 0.717) is 15.6 Å². The molecule has 27 heavy (non-hydrogen) atoms. The molecule has 2 aromatic carbocycles. The first-order valence-corrected chi connectivity index (χ1v) is 7.94. The van der Waals surface area contributed by atoms with E-state index in [2.05, 4.69) is 19.1 Å². The van der Waals surface area contributed by atoms with Gasteiger partial charge in [-0.2, -0.15) is 0 Å². The van der Waals surface area contributed by atoms with Gasteiger partial charge in [0, 0.05) is 5.02 Å². The van der Waals surface area contributed by atoms with Gasteiger partial charge < -0.3 is 5.48 Å². The summed E-state index contributed by atoms with van der Waals surface area (Å²) in [5.41, 5.74) is 1.21. The number of hydrazine groups is 1. The van der Waals surface area contributed by atoms with Crippen LogP contribution in [-0.4, -0.2) is 51.5 Å². The first-order valence-electron chi connectivity index (χ1n) is 7.19. The van der Waals surface area contributed by atoms with Gasteiger partial charge in [-0.25, -0.2) is 5.84 Å². The number of halogens is 4. The van der Waals surface area contributed by atoms with Crippen LogP contribution in [0.2, 0.25) is 10.0 Å². The molecule has 4 nitrogen and oxygen atoms in total. The third kappa shape index (κ3) is 12.2. The van der Waals surface area contributed by atoms with Crippen molar-refractivity contribution in [2.24, 2.45) is 5.84 Å². The summed E-state index contributed by atoms with van der Waals surface area (Å²) in [5, 5.41) is 1.94. The van der Waals surface area contributed by atoms with Gasteiger partial charge in [0.1, 0.15) is 0 Å². The second-order valence-corrected chi connectivity index (χ2v) is 6.97. The van der Waals surface area contributed by atoms with E-state index < -0.39 is 5.54 Å². The molecule has 0 aromatic heterocycles. The molecule has 0 unspecified atom stereocenters. The minimum atomic E-state index is -0.458. The monoisotopic (exact) mass is 466 g/mol. The molecule has 0 bridgehead atoms. The molecule has 0 saturated carbocycles. The molecular weight excluding hydrogens is 441 g/mol. The number of carbonyl (C=O) groups excluding carboxylic acids is 1. The number of hydrogen-bond donors (Lipinski definition) is 1. The van der Waals surface area contributed by atoms with Crippen LogP contribution >= 0.6 is 48.0 Å². The molecule has 0 fully saturated rings. The van der Waals surface area contributed by atoms with Crippen molar-refractivity contribution in [1.29, 1.82) is 0 Å². The summed E-state index contributed by atoms with van der Waals surface area (Å²) in [7, 11) is 0. The van der Waals surface area contributed by atoms with E-state index in [0.717, 1.165) is 5.01 Å². The Hall–Kier alpha value is -0.01000. The summed E-state index contributed by atoms with van der Waals surface area (Å²) in [6, 6.07) is 15.0. The zero-order valence-electron chi connectivity index (χ0n) is 15.1. The number of hydrogen-bond acceptors (Lipinski definition) is 2. The molecule has 0 heterocycles. The minimum absolute atomic E-state index is 0. The summed E-state index contributed by atoms with van der Waals surface area (Å²) >= 11 is 11.7. The van der Waals surface area contributed by atoms with E-state index >= 15 is 0 Å². The number of nitrogens with two attached hydrogens (primary N) is 1. The first-order chi connectivity index (χ1) is 10.6. The fourth-order valence-electron chi connectivity index (χ4n) is 1.63. The Kier molecular flexibility index (Phi) is 20.3. The molecule has 1 amide bonds. The van der Waals surface area contributed by atoms with Crippen LogP contribution in [0, 0.1) is 6.92 Å². The number of rotatable bonds is 1. The average molecular weight is 468 g/mol. The van der Waals surface area contributed by atoms with Crippen LogP contribution in [0.3, 0.4) is 0 Å². The van der Waals surface area contributed by atoms with Gasteiger partial charge >= 0.3 is 29.6 Å². The van der Waals surface area contributed by atoms with Gasteiger partial charge in [0.05, 0.1) is 16.1 Å². The molecular formula is C18H27Cl4N2NaO2. The predicted molar refractivity (Wildman–Crippen MR) is 123 cm³/mol. The topological polar surface area (TPSA) is 77.8 Å². The third-order valence-corrected chi connectivity index (χ3v) is 3.59. The molecule has 0 spiro atoms. The number of benzene rings is 2. The fraction of sp³-hybridized carbons (Fsp3) is 0.278. The maximum absolute atomic E-state index is 12.0. The van der Waals surface area contributed by atoms with Crippen molar-refractivity contribution in [2.45, 2.75) is 33.2 Å². The van der Waals surface area contributed by atoms with Gasteiger partial charge in [-0.1, -0.05) is 59.1 Å². The Bertz CT molecular complexity index is 668. The Morgan fingerprint density at radius 2 is 1.48 bits per heavy atom. The standard InChI is InChI=1S/C11H14Cl2N2O.C7H8.2ClH.Na.H2O.H/c1-11(2,3)15(14)10(16)8-5-4-7(12)6-9(8)13;1-7-5-3-2-4-6-7;;;;;/h4-6H,14H2,1-3H3;2-6H,1H3;2*1H;;1H2;. The number of carbonyl (C=O) groups is 1. The van der Waals surface area contributed by atoms with Crippen molar-refractivity contribution >= 4 is 83.5 Å². The molecule has 0 aliphatic rings. The first kappa shape index (κ1) is 34.5. The number of aryl methyl sites for hydroxylation is 1. The van der Waals surface area contributed by atoms with Gasteiger partial charge in [0.15, 0.2) is 0 Å². The Labute approximate surface area is 206 Å². The van der Waals surface area contributed by atoms with Crippen LogP contribution in [0.25, 0.3) is 0 Å². The van der Waals surface area contributed by atoms with E-state index in [1.807, 2.05) is 39.0 Å². The normalized spacial score (nSPS) is 9.00. The van der Waals surface area contributed by atoms with Crippen LogP contribution in [0.1, 0.15) is 36.7 Å². The molecule has 0 aliphatic carbocycles. The van der Waals surface area contributed by atoms with Crippen LogP contribution in [-0.2, 0) is 0 Å². The van der Waals surface area contributed by atoms with Crippen molar-refractivity contribution in [3.8, 4) is 0 Å². The molecule has 2 rings (SSSR count). The van der Waals surface area contributed by atoms with Crippen molar-refractivity contribution in [3.63, 3.8) is 0 Å². The molecule has 9 heteroatoms. The number of nitrogens with zero attached hydrogens (tertiary/aromatic N) is 1. The van der Waals surface area contributed by atoms with Crippen LogP contribution in [0.15, 0.2) is 48.5 Å². The summed E-state index contributed by atoms with van der Waals surface area (Å²) in [5.74, 6) is 5.40. The van der Waals surface area contributed by atoms with Crippen molar-refractivity contribution in [1.82, 2.24) is 5.01 Å². The molecule has 0 atom stereocenters. The summed E-state index contributed by atoms with van der Waals surface area (Å²) in [6.07, 6.45) is 0. The molecule has 150 valence electrons. The van der Waals surface area contributed by atoms with Crippen molar-refractivity contribution in [3.05, 3.63) is 69.7 Å². The fourth-order valence-corrected chi connectivity index (χ4v) is 2.12. The summed E-state index contributed by atoms with van der Waals surface area (Å²) in [6.45, 7) is 7.61. The molecule has 0 radical (unpaired) electrons. The summed E-state index contributed by atoms with van der Waals surface area (Å²) in [4.78, 5) is 12.0. The van der Waals surface area contributed by atoms with Gasteiger partial charge in [-0.15, -0.1) is 24.8 Å². The van der Waals surface area contributed by atoms with Crippen LogP contribution in [0.4, 0.5) is 0 Å². The van der Waals surface area contributed by atoms with Crippen molar-refractivity contribution < 1.29 is 10.3 Å². The quantitative estimate of drug-likeness (QED) is 0.290. The Balaban J connectivity index is -0.000000208. The SMILES string of the molecule is CC(C)(C)N(N)C(=O)c1ccc(Cl)cc1Cl.Cc1ccccc1.Cl.Cl.O.[NaH]. The average Bonchev–Trinajstić information content (AvgIpc) is 2.46. The summed E-state index contributed by atoms with van der Waals surface area (Å²) < 4.78 is 0. The van der Waals surface area contributed by atoms with Gasteiger partial charge in [0.2, 0.25) is 0 Å². The van der Waals surface area contributed by atoms with E-state index in [1.54, 1.807) is 12.1 Å². The number of amides is 1.